The van der Waals surface area contributed by atoms with E-state index in [1.165, 1.54) is 0 Å². The van der Waals surface area contributed by atoms with Gasteiger partial charge in [0.05, 0.1) is 48.2 Å². The standard InChI is InChI=1S/C23H23N5O2/c1-16-22(17(2)28(26-16)20-9-5-4-6-10-20)23(29)25-19-13-24-27(15-19)14-18-8-7-11-21(12-18)30-3/h4-13,15H,14H2,1-3H3,(H,25,29). The molecule has 0 fully saturated rings. The predicted octanol–water partition coefficient (Wildman–Crippen LogP) is 3.99. The van der Waals surface area contributed by atoms with E-state index in [1.807, 2.05) is 74.6 Å². The minimum atomic E-state index is -0.201. The second-order valence-electron chi connectivity index (χ2n) is 7.03. The number of ether oxygens (including phenoxy) is 1. The van der Waals surface area contributed by atoms with Gasteiger partial charge in [0.25, 0.3) is 5.91 Å². The Kier molecular flexibility index (Phi) is 5.34. The first-order valence-electron chi connectivity index (χ1n) is 9.63. The molecule has 0 saturated heterocycles. The number of hydrogen-bond acceptors (Lipinski definition) is 4. The van der Waals surface area contributed by atoms with Gasteiger partial charge in [-0.1, -0.05) is 30.3 Å². The first-order chi connectivity index (χ1) is 14.5. The summed E-state index contributed by atoms with van der Waals surface area (Å²) in [4.78, 5) is 12.9. The lowest BCUT2D eigenvalue weighted by Crippen LogP contribution is -2.13. The number of nitrogens with zero attached hydrogens (tertiary/aromatic N) is 4. The molecule has 4 rings (SSSR count). The molecule has 30 heavy (non-hydrogen) atoms. The molecule has 0 aliphatic rings. The van der Waals surface area contributed by atoms with Gasteiger partial charge in [0.15, 0.2) is 0 Å². The van der Waals surface area contributed by atoms with Crippen LogP contribution in [-0.4, -0.2) is 32.6 Å². The van der Waals surface area contributed by atoms with Crippen LogP contribution in [0.25, 0.3) is 5.69 Å². The highest BCUT2D eigenvalue weighted by Crippen LogP contribution is 2.20. The number of carbonyl (C=O) groups excluding carboxylic acids is 1. The van der Waals surface area contributed by atoms with Crippen LogP contribution in [0.5, 0.6) is 5.75 Å². The monoisotopic (exact) mass is 401 g/mol. The van der Waals surface area contributed by atoms with Crippen LogP contribution >= 0.6 is 0 Å². The molecule has 7 nitrogen and oxygen atoms in total. The van der Waals surface area contributed by atoms with Crippen LogP contribution in [0.4, 0.5) is 5.69 Å². The Morgan fingerprint density at radius 1 is 1.10 bits per heavy atom. The second-order valence-corrected chi connectivity index (χ2v) is 7.03. The highest BCUT2D eigenvalue weighted by Gasteiger charge is 2.20. The summed E-state index contributed by atoms with van der Waals surface area (Å²) >= 11 is 0. The summed E-state index contributed by atoms with van der Waals surface area (Å²) in [6, 6.07) is 17.6. The van der Waals surface area contributed by atoms with E-state index in [1.54, 1.807) is 22.7 Å². The molecule has 0 unspecified atom stereocenters. The van der Waals surface area contributed by atoms with Gasteiger partial charge < -0.3 is 10.1 Å². The lowest BCUT2D eigenvalue weighted by atomic mass is 10.2. The van der Waals surface area contributed by atoms with Crippen molar-refractivity contribution in [1.29, 1.82) is 0 Å². The second kappa shape index (κ2) is 8.24. The van der Waals surface area contributed by atoms with Crippen molar-refractivity contribution < 1.29 is 9.53 Å². The summed E-state index contributed by atoms with van der Waals surface area (Å²) in [5.41, 5.74) is 4.65. The van der Waals surface area contributed by atoms with Gasteiger partial charge in [0.1, 0.15) is 5.75 Å². The van der Waals surface area contributed by atoms with Crippen molar-refractivity contribution in [2.45, 2.75) is 20.4 Å². The SMILES string of the molecule is COc1cccc(Cn2cc(NC(=O)c3c(C)nn(-c4ccccc4)c3C)cn2)c1. The third-order valence-electron chi connectivity index (χ3n) is 4.89. The third kappa shape index (κ3) is 3.96. The Hall–Kier alpha value is -3.87. The zero-order chi connectivity index (χ0) is 21.1. The van der Waals surface area contributed by atoms with Crippen LogP contribution < -0.4 is 10.1 Å². The van der Waals surface area contributed by atoms with Gasteiger partial charge in [-0.05, 0) is 43.7 Å². The fourth-order valence-corrected chi connectivity index (χ4v) is 3.46. The van der Waals surface area contributed by atoms with Crippen LogP contribution in [0, 0.1) is 13.8 Å². The highest BCUT2D eigenvalue weighted by molar-refractivity contribution is 6.05. The topological polar surface area (TPSA) is 74.0 Å². The lowest BCUT2D eigenvalue weighted by molar-refractivity contribution is 0.102. The van der Waals surface area contributed by atoms with Crippen molar-refractivity contribution in [2.75, 3.05) is 12.4 Å². The molecule has 2 heterocycles. The van der Waals surface area contributed by atoms with E-state index >= 15 is 0 Å². The van der Waals surface area contributed by atoms with Crippen molar-refractivity contribution in [3.05, 3.63) is 89.5 Å². The molecule has 152 valence electrons. The van der Waals surface area contributed by atoms with Gasteiger partial charge >= 0.3 is 0 Å². The molecule has 0 spiro atoms. The fraction of sp³-hybridized carbons (Fsp3) is 0.174. The summed E-state index contributed by atoms with van der Waals surface area (Å²) < 4.78 is 8.82. The maximum Gasteiger partial charge on any atom is 0.259 e. The van der Waals surface area contributed by atoms with Crippen molar-refractivity contribution in [3.63, 3.8) is 0 Å². The maximum absolute atomic E-state index is 12.9. The number of amides is 1. The Labute approximate surface area is 174 Å². The molecule has 2 aromatic carbocycles. The summed E-state index contributed by atoms with van der Waals surface area (Å²) in [5.74, 6) is 0.600. The van der Waals surface area contributed by atoms with Gasteiger partial charge in [-0.2, -0.15) is 10.2 Å². The zero-order valence-corrected chi connectivity index (χ0v) is 17.2. The molecule has 0 atom stereocenters. The number of nitrogens with one attached hydrogen (secondary N) is 1. The van der Waals surface area contributed by atoms with Crippen LogP contribution in [0.1, 0.15) is 27.3 Å². The minimum absolute atomic E-state index is 0.201. The summed E-state index contributed by atoms with van der Waals surface area (Å²) in [7, 11) is 1.64. The molecule has 1 N–H and O–H groups in total. The van der Waals surface area contributed by atoms with Crippen LogP contribution in [-0.2, 0) is 6.54 Å². The van der Waals surface area contributed by atoms with E-state index in [0.717, 1.165) is 22.7 Å². The number of anilines is 1. The normalized spacial score (nSPS) is 10.8. The average Bonchev–Trinajstić information content (AvgIpc) is 3.31. The van der Waals surface area contributed by atoms with E-state index in [0.29, 0.717) is 23.5 Å². The fourth-order valence-electron chi connectivity index (χ4n) is 3.46. The summed E-state index contributed by atoms with van der Waals surface area (Å²) in [6.07, 6.45) is 3.45. The molecule has 0 saturated carbocycles. The number of benzene rings is 2. The largest absolute Gasteiger partial charge is 0.497 e. The van der Waals surface area contributed by atoms with Crippen molar-refractivity contribution >= 4 is 11.6 Å². The number of carbonyl (C=O) groups is 1. The smallest absolute Gasteiger partial charge is 0.259 e. The van der Waals surface area contributed by atoms with E-state index in [4.69, 9.17) is 4.74 Å². The Bertz CT molecular complexity index is 1180. The zero-order valence-electron chi connectivity index (χ0n) is 17.2. The number of methoxy groups -OCH3 is 1. The quantitative estimate of drug-likeness (QED) is 0.530. The molecule has 4 aromatic rings. The van der Waals surface area contributed by atoms with E-state index in [-0.39, 0.29) is 5.91 Å². The molecule has 0 radical (unpaired) electrons. The Balaban J connectivity index is 1.50. The number of aromatic nitrogens is 4. The van der Waals surface area contributed by atoms with Gasteiger partial charge in [0, 0.05) is 6.20 Å². The molecule has 0 aliphatic heterocycles. The molecule has 0 aliphatic carbocycles. The van der Waals surface area contributed by atoms with Crippen LogP contribution in [0.2, 0.25) is 0 Å². The Morgan fingerprint density at radius 3 is 2.67 bits per heavy atom. The first kappa shape index (κ1) is 19.4. The highest BCUT2D eigenvalue weighted by atomic mass is 16.5. The van der Waals surface area contributed by atoms with Gasteiger partial charge in [-0.25, -0.2) is 4.68 Å². The number of aryl methyl sites for hydroxylation is 1. The van der Waals surface area contributed by atoms with E-state index in [9.17, 15) is 4.79 Å². The van der Waals surface area contributed by atoms with Gasteiger partial charge in [-0.15, -0.1) is 0 Å². The third-order valence-corrected chi connectivity index (χ3v) is 4.89. The minimum Gasteiger partial charge on any atom is -0.497 e. The molecular weight excluding hydrogens is 378 g/mol. The average molecular weight is 401 g/mol. The van der Waals surface area contributed by atoms with Gasteiger partial charge in [-0.3, -0.25) is 9.48 Å². The van der Waals surface area contributed by atoms with E-state index in [2.05, 4.69) is 15.5 Å². The first-order valence-corrected chi connectivity index (χ1v) is 9.63. The molecule has 7 heteroatoms. The predicted molar refractivity (Wildman–Crippen MR) is 115 cm³/mol. The lowest BCUT2D eigenvalue weighted by Gasteiger charge is -2.06. The molecule has 0 bridgehead atoms. The van der Waals surface area contributed by atoms with Crippen LogP contribution in [0.15, 0.2) is 67.0 Å². The molecule has 1 amide bonds. The summed E-state index contributed by atoms with van der Waals surface area (Å²) in [6.45, 7) is 4.32. The molecule has 2 aromatic heterocycles. The number of hydrogen-bond donors (Lipinski definition) is 1. The maximum atomic E-state index is 12.9. The summed E-state index contributed by atoms with van der Waals surface area (Å²) in [5, 5.41) is 11.8. The van der Waals surface area contributed by atoms with Crippen molar-refractivity contribution in [2.24, 2.45) is 0 Å². The van der Waals surface area contributed by atoms with E-state index < -0.39 is 0 Å². The van der Waals surface area contributed by atoms with Gasteiger partial charge in [0.2, 0.25) is 0 Å². The van der Waals surface area contributed by atoms with Crippen molar-refractivity contribution in [3.8, 4) is 11.4 Å². The number of rotatable bonds is 6. The number of para-hydroxylation sites is 1. The van der Waals surface area contributed by atoms with Crippen LogP contribution in [0.3, 0.4) is 0 Å². The molecular formula is C23H23N5O2. The Morgan fingerprint density at radius 2 is 1.90 bits per heavy atom. The van der Waals surface area contributed by atoms with Crippen molar-refractivity contribution in [1.82, 2.24) is 19.6 Å².